The standard InChI is InChI=1S/C21H26NO2S/c1-15-20(25-14-22(15)13-16-5-3-2-4-6-16)9-10-24-21(23)19-12-17-7-8-18(19)11-17/h2-6,14,17-19H,7-13H2,1H3/q+1/t17-,18-,19+/m1/s1. The van der Waals surface area contributed by atoms with E-state index in [1.807, 2.05) is 6.07 Å². The molecule has 2 aromatic rings. The van der Waals surface area contributed by atoms with Gasteiger partial charge in [0.15, 0.2) is 12.2 Å². The molecular weight excluding hydrogens is 330 g/mol. The van der Waals surface area contributed by atoms with Crippen LogP contribution in [0.15, 0.2) is 35.8 Å². The molecule has 0 N–H and O–H groups in total. The number of rotatable bonds is 6. The van der Waals surface area contributed by atoms with Crippen LogP contribution >= 0.6 is 11.3 Å². The summed E-state index contributed by atoms with van der Waals surface area (Å²) in [5.74, 6) is 1.64. The predicted octanol–water partition coefficient (Wildman–Crippen LogP) is 3.91. The number of benzene rings is 1. The zero-order valence-corrected chi connectivity index (χ0v) is 15.6. The van der Waals surface area contributed by atoms with Crippen LogP contribution < -0.4 is 4.57 Å². The largest absolute Gasteiger partial charge is 0.465 e. The molecule has 4 rings (SSSR count). The third kappa shape index (κ3) is 3.64. The summed E-state index contributed by atoms with van der Waals surface area (Å²) in [6.07, 6.45) is 5.70. The van der Waals surface area contributed by atoms with Crippen LogP contribution in [0.25, 0.3) is 0 Å². The van der Waals surface area contributed by atoms with Gasteiger partial charge in [-0.1, -0.05) is 48.1 Å². The van der Waals surface area contributed by atoms with Crippen LogP contribution in [0.4, 0.5) is 0 Å². The second-order valence-corrected chi connectivity index (χ2v) is 8.48. The van der Waals surface area contributed by atoms with E-state index in [0.29, 0.717) is 12.5 Å². The molecule has 1 heterocycles. The quantitative estimate of drug-likeness (QED) is 0.580. The first kappa shape index (κ1) is 16.8. The molecule has 2 saturated carbocycles. The van der Waals surface area contributed by atoms with Crippen LogP contribution in [0.1, 0.15) is 41.8 Å². The van der Waals surface area contributed by atoms with Crippen molar-refractivity contribution >= 4 is 17.3 Å². The van der Waals surface area contributed by atoms with Gasteiger partial charge in [-0.3, -0.25) is 4.79 Å². The highest BCUT2D eigenvalue weighted by Crippen LogP contribution is 2.48. The number of carbonyl (C=O) groups is 1. The fraction of sp³-hybridized carbons (Fsp3) is 0.524. The minimum atomic E-state index is 0.0542. The molecule has 25 heavy (non-hydrogen) atoms. The van der Waals surface area contributed by atoms with Crippen LogP contribution in [0.3, 0.4) is 0 Å². The molecule has 3 nitrogen and oxygen atoms in total. The Morgan fingerprint density at radius 1 is 1.24 bits per heavy atom. The molecule has 4 heteroatoms. The third-order valence-electron chi connectivity index (χ3n) is 5.97. The molecule has 2 aliphatic rings. The lowest BCUT2D eigenvalue weighted by Crippen LogP contribution is -2.35. The smallest absolute Gasteiger partial charge is 0.309 e. The summed E-state index contributed by atoms with van der Waals surface area (Å²) in [4.78, 5) is 13.6. The molecule has 0 unspecified atom stereocenters. The van der Waals surface area contributed by atoms with Gasteiger partial charge < -0.3 is 4.74 Å². The van der Waals surface area contributed by atoms with Gasteiger partial charge in [-0.15, -0.1) is 0 Å². The topological polar surface area (TPSA) is 30.2 Å². The number of hydrogen-bond acceptors (Lipinski definition) is 3. The lowest BCUT2D eigenvalue weighted by Gasteiger charge is -2.19. The van der Waals surface area contributed by atoms with Crippen molar-refractivity contribution in [3.05, 3.63) is 52.0 Å². The van der Waals surface area contributed by atoms with Crippen molar-refractivity contribution in [3.63, 3.8) is 0 Å². The van der Waals surface area contributed by atoms with Crippen LogP contribution in [0.5, 0.6) is 0 Å². The average Bonchev–Trinajstić information content (AvgIpc) is 3.34. The molecule has 2 fully saturated rings. The Bertz CT molecular complexity index is 740. The number of fused-ring (bicyclic) bond motifs is 2. The minimum absolute atomic E-state index is 0.0542. The Balaban J connectivity index is 1.29. The monoisotopic (exact) mass is 356 g/mol. The van der Waals surface area contributed by atoms with Crippen LogP contribution in [0, 0.1) is 24.7 Å². The number of carbonyl (C=O) groups excluding carboxylic acids is 1. The molecule has 0 radical (unpaired) electrons. The maximum absolute atomic E-state index is 12.3. The lowest BCUT2D eigenvalue weighted by molar-refractivity contribution is -0.689. The highest BCUT2D eigenvalue weighted by Gasteiger charge is 2.43. The Morgan fingerprint density at radius 3 is 2.80 bits per heavy atom. The normalized spacial score (nSPS) is 24.6. The van der Waals surface area contributed by atoms with Gasteiger partial charge in [0.05, 0.1) is 17.4 Å². The second-order valence-electron chi connectivity index (χ2n) is 7.54. The molecule has 3 atom stereocenters. The lowest BCUT2D eigenvalue weighted by atomic mass is 9.89. The van der Waals surface area contributed by atoms with Gasteiger partial charge in [-0.25, -0.2) is 0 Å². The van der Waals surface area contributed by atoms with E-state index in [4.69, 9.17) is 4.74 Å². The molecule has 132 valence electrons. The predicted molar refractivity (Wildman–Crippen MR) is 98.4 cm³/mol. The average molecular weight is 357 g/mol. The van der Waals surface area contributed by atoms with Crippen molar-refractivity contribution in [2.45, 2.75) is 45.6 Å². The van der Waals surface area contributed by atoms with Gasteiger partial charge in [0.1, 0.15) is 0 Å². The van der Waals surface area contributed by atoms with Crippen molar-refractivity contribution in [1.29, 1.82) is 0 Å². The molecule has 1 aromatic heterocycles. The first-order valence-electron chi connectivity index (χ1n) is 9.37. The molecule has 2 aliphatic carbocycles. The molecule has 0 amide bonds. The zero-order valence-electron chi connectivity index (χ0n) is 14.8. The van der Waals surface area contributed by atoms with Crippen molar-refractivity contribution in [1.82, 2.24) is 0 Å². The summed E-state index contributed by atoms with van der Waals surface area (Å²) in [5.41, 5.74) is 4.77. The van der Waals surface area contributed by atoms with Crippen molar-refractivity contribution in [2.75, 3.05) is 6.61 Å². The fourth-order valence-corrected chi connectivity index (χ4v) is 5.49. The number of esters is 1. The summed E-state index contributed by atoms with van der Waals surface area (Å²) in [5, 5.41) is 0. The third-order valence-corrected chi connectivity index (χ3v) is 7.11. The van der Waals surface area contributed by atoms with Gasteiger partial charge in [0, 0.05) is 18.9 Å². The Morgan fingerprint density at radius 2 is 2.08 bits per heavy atom. The summed E-state index contributed by atoms with van der Waals surface area (Å²) in [6.45, 7) is 3.57. The maximum Gasteiger partial charge on any atom is 0.309 e. The van der Waals surface area contributed by atoms with E-state index in [1.165, 1.54) is 35.4 Å². The highest BCUT2D eigenvalue weighted by molar-refractivity contribution is 7.09. The Hall–Kier alpha value is -1.68. The molecule has 1 aromatic carbocycles. The van der Waals surface area contributed by atoms with E-state index >= 15 is 0 Å². The van der Waals surface area contributed by atoms with Gasteiger partial charge in [-0.05, 0) is 31.1 Å². The fourth-order valence-electron chi connectivity index (χ4n) is 4.51. The van der Waals surface area contributed by atoms with E-state index in [0.717, 1.165) is 25.3 Å². The number of ether oxygens (including phenoxy) is 1. The number of aromatic nitrogens is 1. The summed E-state index contributed by atoms with van der Waals surface area (Å²) in [7, 11) is 0. The second kappa shape index (κ2) is 7.28. The van der Waals surface area contributed by atoms with E-state index < -0.39 is 0 Å². The summed E-state index contributed by atoms with van der Waals surface area (Å²) in [6, 6.07) is 10.5. The minimum Gasteiger partial charge on any atom is -0.465 e. The first-order valence-corrected chi connectivity index (χ1v) is 10.3. The highest BCUT2D eigenvalue weighted by atomic mass is 32.1. The van der Waals surface area contributed by atoms with Crippen molar-refractivity contribution in [2.24, 2.45) is 17.8 Å². The molecule has 0 saturated heterocycles. The summed E-state index contributed by atoms with van der Waals surface area (Å²) >= 11 is 1.76. The Labute approximate surface area is 153 Å². The van der Waals surface area contributed by atoms with E-state index in [9.17, 15) is 4.79 Å². The molecule has 2 bridgehead atoms. The summed E-state index contributed by atoms with van der Waals surface area (Å²) < 4.78 is 7.91. The molecule has 0 spiro atoms. The van der Waals surface area contributed by atoms with Gasteiger partial charge in [0.2, 0.25) is 5.51 Å². The van der Waals surface area contributed by atoms with Gasteiger partial charge in [-0.2, -0.15) is 4.57 Å². The van der Waals surface area contributed by atoms with E-state index in [1.54, 1.807) is 11.3 Å². The maximum atomic E-state index is 12.3. The van der Waals surface area contributed by atoms with E-state index in [-0.39, 0.29) is 11.9 Å². The molecular formula is C21H26NO2S+. The Kier molecular flexibility index (Phi) is 4.89. The van der Waals surface area contributed by atoms with Crippen LogP contribution in [-0.4, -0.2) is 12.6 Å². The number of hydrogen-bond donors (Lipinski definition) is 0. The van der Waals surface area contributed by atoms with E-state index in [2.05, 4.69) is 41.3 Å². The van der Waals surface area contributed by atoms with Crippen molar-refractivity contribution in [3.8, 4) is 0 Å². The zero-order chi connectivity index (χ0) is 17.2. The van der Waals surface area contributed by atoms with Crippen LogP contribution in [0.2, 0.25) is 0 Å². The van der Waals surface area contributed by atoms with Gasteiger partial charge in [0.25, 0.3) is 0 Å². The number of nitrogens with zero attached hydrogens (tertiary/aromatic N) is 1. The first-order chi connectivity index (χ1) is 12.2. The van der Waals surface area contributed by atoms with Gasteiger partial charge >= 0.3 is 5.97 Å². The molecule has 0 aliphatic heterocycles. The van der Waals surface area contributed by atoms with Crippen LogP contribution in [-0.2, 0) is 22.5 Å². The number of thiazole rings is 1. The van der Waals surface area contributed by atoms with Crippen molar-refractivity contribution < 1.29 is 14.1 Å². The SMILES string of the molecule is Cc1c(CCOC(=O)[C@H]2C[C@@H]3CC[C@@H]2C3)sc[n+]1Cc1ccccc1.